The normalized spacial score (nSPS) is 11.3. The van der Waals surface area contributed by atoms with Crippen LogP contribution in [0, 0.1) is 0 Å². The van der Waals surface area contributed by atoms with Crippen molar-refractivity contribution in [1.29, 1.82) is 0 Å². The lowest BCUT2D eigenvalue weighted by molar-refractivity contribution is 0.0467. The molecule has 3 aromatic rings. The van der Waals surface area contributed by atoms with Crippen LogP contribution in [-0.2, 0) is 21.4 Å². The third-order valence-corrected chi connectivity index (χ3v) is 5.89. The minimum absolute atomic E-state index is 0.0756. The van der Waals surface area contributed by atoms with Crippen LogP contribution in [-0.4, -0.2) is 33.5 Å². The largest absolute Gasteiger partial charge is 0.495 e. The van der Waals surface area contributed by atoms with Crippen LogP contribution in [0.4, 0.5) is 0 Å². The van der Waals surface area contributed by atoms with E-state index in [1.165, 1.54) is 50.0 Å². The Balaban J connectivity index is 1.74. The molecule has 0 saturated carbocycles. The monoisotopic (exact) mass is 408 g/mol. The van der Waals surface area contributed by atoms with Crippen LogP contribution >= 0.6 is 11.3 Å². The summed E-state index contributed by atoms with van der Waals surface area (Å²) in [7, 11) is -1.18. The zero-order chi connectivity index (χ0) is 19.4. The Labute approximate surface area is 159 Å². The molecule has 0 radical (unpaired) electrons. The third kappa shape index (κ3) is 4.18. The number of thiophene rings is 1. The lowest BCUT2D eigenvalue weighted by Gasteiger charge is -2.10. The van der Waals surface area contributed by atoms with E-state index in [4.69, 9.17) is 13.9 Å². The number of oxazole rings is 1. The van der Waals surface area contributed by atoms with Crippen molar-refractivity contribution >= 4 is 27.3 Å². The van der Waals surface area contributed by atoms with E-state index < -0.39 is 16.0 Å². The van der Waals surface area contributed by atoms with Gasteiger partial charge in [0.15, 0.2) is 0 Å². The molecule has 0 bridgehead atoms. The minimum Gasteiger partial charge on any atom is -0.495 e. The van der Waals surface area contributed by atoms with E-state index in [0.717, 1.165) is 4.88 Å². The summed E-state index contributed by atoms with van der Waals surface area (Å²) in [6, 6.07) is 7.77. The van der Waals surface area contributed by atoms with Gasteiger partial charge in [0, 0.05) is 0 Å². The molecule has 0 aliphatic carbocycles. The van der Waals surface area contributed by atoms with Gasteiger partial charge >= 0.3 is 5.97 Å². The quantitative estimate of drug-likeness (QED) is 0.599. The first-order valence-electron chi connectivity index (χ1n) is 7.71. The van der Waals surface area contributed by atoms with E-state index in [0.29, 0.717) is 11.6 Å². The number of nitrogens with zero attached hydrogens (tertiary/aromatic N) is 1. The maximum Gasteiger partial charge on any atom is 0.338 e. The molecule has 142 valence electrons. The molecule has 0 amide bonds. The maximum atomic E-state index is 12.3. The van der Waals surface area contributed by atoms with Gasteiger partial charge in [0.1, 0.15) is 29.2 Å². The van der Waals surface area contributed by atoms with Gasteiger partial charge in [0.2, 0.25) is 15.9 Å². The molecule has 0 aliphatic rings. The Morgan fingerprint density at radius 3 is 2.81 bits per heavy atom. The molecule has 27 heavy (non-hydrogen) atoms. The highest BCUT2D eigenvalue weighted by Gasteiger charge is 2.21. The lowest BCUT2D eigenvalue weighted by atomic mass is 10.2. The summed E-state index contributed by atoms with van der Waals surface area (Å²) >= 11 is 1.48. The van der Waals surface area contributed by atoms with E-state index in [1.54, 1.807) is 0 Å². The van der Waals surface area contributed by atoms with Crippen LogP contribution in [0.25, 0.3) is 10.8 Å². The van der Waals surface area contributed by atoms with Gasteiger partial charge in [-0.15, -0.1) is 11.3 Å². The van der Waals surface area contributed by atoms with Crippen molar-refractivity contribution in [2.45, 2.75) is 11.5 Å². The molecule has 1 aromatic carbocycles. The maximum absolute atomic E-state index is 12.3. The number of aromatic nitrogens is 1. The van der Waals surface area contributed by atoms with Gasteiger partial charge in [-0.05, 0) is 36.7 Å². The highest BCUT2D eigenvalue weighted by molar-refractivity contribution is 7.89. The van der Waals surface area contributed by atoms with Crippen molar-refractivity contribution in [3.05, 3.63) is 53.2 Å². The Hall–Kier alpha value is -2.69. The smallest absolute Gasteiger partial charge is 0.338 e. The first-order valence-corrected chi connectivity index (χ1v) is 10.1. The number of rotatable bonds is 7. The molecule has 0 atom stereocenters. The molecule has 2 aromatic heterocycles. The van der Waals surface area contributed by atoms with Crippen LogP contribution < -0.4 is 9.46 Å². The number of benzene rings is 1. The molecule has 3 rings (SSSR count). The highest BCUT2D eigenvalue weighted by Crippen LogP contribution is 2.26. The molecule has 0 saturated heterocycles. The number of nitrogens with one attached hydrogen (secondary N) is 1. The van der Waals surface area contributed by atoms with E-state index in [-0.39, 0.29) is 22.8 Å². The average Bonchev–Trinajstić information content (AvgIpc) is 3.37. The van der Waals surface area contributed by atoms with Gasteiger partial charge in [-0.2, -0.15) is 0 Å². The summed E-state index contributed by atoms with van der Waals surface area (Å²) in [6.45, 7) is -0.103. The predicted octanol–water partition coefficient (Wildman–Crippen LogP) is 2.68. The molecule has 1 N–H and O–H groups in total. The molecule has 0 unspecified atom stereocenters. The fraction of sp³-hybridized carbons (Fsp3) is 0.176. The SMILES string of the molecule is CNS(=O)(=O)c1cc(C(=O)OCc2coc(-c3cccs3)n2)ccc1OC. The zero-order valence-corrected chi connectivity index (χ0v) is 16.1. The first-order chi connectivity index (χ1) is 12.9. The molecular formula is C17H16N2O6S2. The number of carbonyl (C=O) groups excluding carboxylic acids is 1. The van der Waals surface area contributed by atoms with Gasteiger partial charge in [-0.25, -0.2) is 22.9 Å². The second kappa shape index (κ2) is 7.91. The number of hydrogen-bond acceptors (Lipinski definition) is 8. The lowest BCUT2D eigenvalue weighted by Crippen LogP contribution is -2.20. The van der Waals surface area contributed by atoms with Gasteiger partial charge in [-0.3, -0.25) is 0 Å². The number of carbonyl (C=O) groups is 1. The predicted molar refractivity (Wildman–Crippen MR) is 98.2 cm³/mol. The third-order valence-electron chi connectivity index (χ3n) is 3.59. The summed E-state index contributed by atoms with van der Waals surface area (Å²) in [5.74, 6) is -0.119. The summed E-state index contributed by atoms with van der Waals surface area (Å²) in [4.78, 5) is 17.3. The molecule has 10 heteroatoms. The Morgan fingerprint density at radius 2 is 2.15 bits per heavy atom. The van der Waals surface area contributed by atoms with Crippen molar-refractivity contribution in [2.75, 3.05) is 14.2 Å². The van der Waals surface area contributed by atoms with E-state index in [9.17, 15) is 13.2 Å². The Bertz CT molecular complexity index is 1040. The standard InChI is InChI=1S/C17H16N2O6S2/c1-18-27(21,22)15-8-11(5-6-13(15)23-2)17(20)25-10-12-9-24-16(19-12)14-4-3-7-26-14/h3-9,18H,10H2,1-2H3. The number of ether oxygens (including phenoxy) is 2. The first kappa shape index (κ1) is 19.1. The number of esters is 1. The van der Waals surface area contributed by atoms with Crippen LogP contribution in [0.3, 0.4) is 0 Å². The second-order valence-corrected chi connectivity index (χ2v) is 8.07. The van der Waals surface area contributed by atoms with Crippen molar-refractivity contribution in [2.24, 2.45) is 0 Å². The van der Waals surface area contributed by atoms with Crippen LogP contribution in [0.5, 0.6) is 5.75 Å². The fourth-order valence-electron chi connectivity index (χ4n) is 2.23. The van der Waals surface area contributed by atoms with Crippen LogP contribution in [0.1, 0.15) is 16.1 Å². The number of sulfonamides is 1. The molecule has 8 nitrogen and oxygen atoms in total. The summed E-state index contributed by atoms with van der Waals surface area (Å²) < 4.78 is 42.0. The summed E-state index contributed by atoms with van der Waals surface area (Å²) in [5.41, 5.74) is 0.523. The summed E-state index contributed by atoms with van der Waals surface area (Å²) in [6.07, 6.45) is 1.41. The molecule has 0 aliphatic heterocycles. The number of methoxy groups -OCH3 is 1. The van der Waals surface area contributed by atoms with Gasteiger partial charge in [0.25, 0.3) is 0 Å². The van der Waals surface area contributed by atoms with Crippen molar-refractivity contribution in [1.82, 2.24) is 9.71 Å². The average molecular weight is 408 g/mol. The Morgan fingerprint density at radius 1 is 1.33 bits per heavy atom. The fourth-order valence-corrected chi connectivity index (χ4v) is 3.81. The van der Waals surface area contributed by atoms with Gasteiger partial charge < -0.3 is 13.9 Å². The van der Waals surface area contributed by atoms with Gasteiger partial charge in [0.05, 0.1) is 17.6 Å². The van der Waals surface area contributed by atoms with Crippen molar-refractivity contribution < 1.29 is 27.1 Å². The van der Waals surface area contributed by atoms with Crippen LogP contribution in [0.15, 0.2) is 51.3 Å². The molecule has 0 spiro atoms. The van der Waals surface area contributed by atoms with E-state index in [1.807, 2.05) is 17.5 Å². The van der Waals surface area contributed by atoms with E-state index in [2.05, 4.69) is 9.71 Å². The van der Waals surface area contributed by atoms with Crippen molar-refractivity contribution in [3.8, 4) is 16.5 Å². The zero-order valence-electron chi connectivity index (χ0n) is 14.5. The number of hydrogen-bond donors (Lipinski definition) is 1. The minimum atomic E-state index is -3.79. The summed E-state index contributed by atoms with van der Waals surface area (Å²) in [5, 5.41) is 1.90. The topological polar surface area (TPSA) is 108 Å². The van der Waals surface area contributed by atoms with Crippen molar-refractivity contribution in [3.63, 3.8) is 0 Å². The highest BCUT2D eigenvalue weighted by atomic mass is 32.2. The second-order valence-electron chi connectivity index (χ2n) is 5.27. The Kier molecular flexibility index (Phi) is 5.59. The molecular weight excluding hydrogens is 392 g/mol. The van der Waals surface area contributed by atoms with E-state index >= 15 is 0 Å². The molecule has 2 heterocycles. The molecule has 0 fully saturated rings. The van der Waals surface area contributed by atoms with Crippen LogP contribution in [0.2, 0.25) is 0 Å². The van der Waals surface area contributed by atoms with Gasteiger partial charge in [-0.1, -0.05) is 6.07 Å².